The molecule has 0 N–H and O–H groups in total. The largest absolute Gasteiger partial charge is 0.337 e. The fourth-order valence-corrected chi connectivity index (χ4v) is 2.59. The van der Waals surface area contributed by atoms with Crippen molar-refractivity contribution in [3.63, 3.8) is 0 Å². The molecule has 94 valence electrons. The number of thiophene rings is 1. The van der Waals surface area contributed by atoms with Crippen LogP contribution >= 0.6 is 34.5 Å². The zero-order valence-corrected chi connectivity index (χ0v) is 11.9. The molecule has 0 fully saturated rings. The molecule has 0 atom stereocenters. The molecule has 6 heteroatoms. The van der Waals surface area contributed by atoms with E-state index in [4.69, 9.17) is 23.2 Å². The number of hydrogen-bond acceptors (Lipinski definition) is 3. The molecule has 2 rings (SSSR count). The van der Waals surface area contributed by atoms with Crippen molar-refractivity contribution in [2.75, 3.05) is 7.05 Å². The van der Waals surface area contributed by atoms with Crippen molar-refractivity contribution in [2.45, 2.75) is 6.54 Å². The Balaban J connectivity index is 2.15. The highest BCUT2D eigenvalue weighted by molar-refractivity contribution is 7.07. The van der Waals surface area contributed by atoms with E-state index in [1.54, 1.807) is 35.4 Å². The van der Waals surface area contributed by atoms with Crippen LogP contribution in [0.3, 0.4) is 0 Å². The highest BCUT2D eigenvalue weighted by Crippen LogP contribution is 2.19. The van der Waals surface area contributed by atoms with Crippen LogP contribution in [0.4, 0.5) is 0 Å². The first-order valence-corrected chi connectivity index (χ1v) is 6.86. The average molecular weight is 301 g/mol. The van der Waals surface area contributed by atoms with Gasteiger partial charge in [0, 0.05) is 13.6 Å². The predicted molar refractivity (Wildman–Crippen MR) is 74.4 cm³/mol. The van der Waals surface area contributed by atoms with E-state index in [1.165, 1.54) is 0 Å². The third-order valence-electron chi connectivity index (χ3n) is 2.39. The standard InChI is InChI=1S/C12H10Cl2N2OS/c1-16(6-8-4-5-18-7-8)12(17)9-2-3-10(13)15-11(9)14/h2-5,7H,6H2,1H3. The Bertz CT molecular complexity index is 557. The molecule has 0 saturated heterocycles. The van der Waals surface area contributed by atoms with Gasteiger partial charge in [-0.3, -0.25) is 4.79 Å². The number of hydrogen-bond donors (Lipinski definition) is 0. The van der Waals surface area contributed by atoms with Gasteiger partial charge in [-0.25, -0.2) is 4.98 Å². The number of rotatable bonds is 3. The van der Waals surface area contributed by atoms with Crippen molar-refractivity contribution in [1.82, 2.24) is 9.88 Å². The second-order valence-electron chi connectivity index (χ2n) is 3.77. The second kappa shape index (κ2) is 5.69. The minimum Gasteiger partial charge on any atom is -0.337 e. The number of carbonyl (C=O) groups is 1. The van der Waals surface area contributed by atoms with Crippen molar-refractivity contribution >= 4 is 40.4 Å². The first kappa shape index (κ1) is 13.3. The topological polar surface area (TPSA) is 33.2 Å². The van der Waals surface area contributed by atoms with Crippen molar-refractivity contribution < 1.29 is 4.79 Å². The minimum absolute atomic E-state index is 0.129. The van der Waals surface area contributed by atoms with E-state index in [2.05, 4.69) is 4.98 Å². The quantitative estimate of drug-likeness (QED) is 0.809. The van der Waals surface area contributed by atoms with Gasteiger partial charge in [0.1, 0.15) is 10.3 Å². The smallest absolute Gasteiger partial charge is 0.257 e. The van der Waals surface area contributed by atoms with Crippen LogP contribution in [0, 0.1) is 0 Å². The molecule has 2 aromatic rings. The molecule has 1 amide bonds. The summed E-state index contributed by atoms with van der Waals surface area (Å²) in [6, 6.07) is 5.12. The summed E-state index contributed by atoms with van der Waals surface area (Å²) >= 11 is 13.2. The number of nitrogens with zero attached hydrogens (tertiary/aromatic N) is 2. The van der Waals surface area contributed by atoms with Gasteiger partial charge in [0.05, 0.1) is 5.56 Å². The first-order chi connectivity index (χ1) is 8.58. The molecule has 0 saturated carbocycles. The van der Waals surface area contributed by atoms with Crippen LogP contribution in [-0.2, 0) is 6.54 Å². The van der Waals surface area contributed by atoms with Gasteiger partial charge < -0.3 is 4.90 Å². The van der Waals surface area contributed by atoms with Crippen LogP contribution in [0.2, 0.25) is 10.3 Å². The van der Waals surface area contributed by atoms with E-state index >= 15 is 0 Å². The van der Waals surface area contributed by atoms with Crippen molar-refractivity contribution in [1.29, 1.82) is 0 Å². The molecule has 0 radical (unpaired) electrons. The molecule has 2 heterocycles. The number of aromatic nitrogens is 1. The number of carbonyl (C=O) groups excluding carboxylic acids is 1. The highest BCUT2D eigenvalue weighted by atomic mass is 35.5. The van der Waals surface area contributed by atoms with Crippen molar-refractivity contribution in [2.24, 2.45) is 0 Å². The summed E-state index contributed by atoms with van der Waals surface area (Å²) in [5.41, 5.74) is 1.45. The van der Waals surface area contributed by atoms with E-state index < -0.39 is 0 Å². The molecular formula is C12H10Cl2N2OS. The first-order valence-electron chi connectivity index (χ1n) is 5.16. The Morgan fingerprint density at radius 2 is 2.17 bits per heavy atom. The maximum Gasteiger partial charge on any atom is 0.257 e. The van der Waals surface area contributed by atoms with Crippen LogP contribution in [0.1, 0.15) is 15.9 Å². The molecular weight excluding hydrogens is 291 g/mol. The summed E-state index contributed by atoms with van der Waals surface area (Å²) < 4.78 is 0. The molecule has 0 aliphatic heterocycles. The zero-order chi connectivity index (χ0) is 13.1. The van der Waals surface area contributed by atoms with Crippen LogP contribution in [0.25, 0.3) is 0 Å². The van der Waals surface area contributed by atoms with E-state index in [0.717, 1.165) is 5.56 Å². The maximum atomic E-state index is 12.2. The Labute approximate surface area is 119 Å². The van der Waals surface area contributed by atoms with Crippen LogP contribution < -0.4 is 0 Å². The molecule has 0 aliphatic rings. The third kappa shape index (κ3) is 3.02. The molecule has 18 heavy (non-hydrogen) atoms. The fraction of sp³-hybridized carbons (Fsp3) is 0.167. The van der Waals surface area contributed by atoms with Gasteiger partial charge in [-0.15, -0.1) is 0 Å². The molecule has 0 aromatic carbocycles. The predicted octanol–water partition coefficient (Wildman–Crippen LogP) is 3.72. The molecule has 0 bridgehead atoms. The van der Waals surface area contributed by atoms with E-state index in [1.807, 2.05) is 16.8 Å². The molecule has 0 aliphatic carbocycles. The van der Waals surface area contributed by atoms with Gasteiger partial charge in [0.25, 0.3) is 5.91 Å². The van der Waals surface area contributed by atoms with Crippen LogP contribution in [0.5, 0.6) is 0 Å². The summed E-state index contributed by atoms with van der Waals surface area (Å²) in [5, 5.41) is 4.39. The molecule has 0 unspecified atom stereocenters. The Kier molecular flexibility index (Phi) is 4.22. The van der Waals surface area contributed by atoms with E-state index in [9.17, 15) is 4.79 Å². The fourth-order valence-electron chi connectivity index (χ4n) is 1.51. The van der Waals surface area contributed by atoms with Crippen molar-refractivity contribution in [3.8, 4) is 0 Å². The molecule has 0 spiro atoms. The van der Waals surface area contributed by atoms with E-state index in [-0.39, 0.29) is 16.2 Å². The Morgan fingerprint density at radius 1 is 1.39 bits per heavy atom. The SMILES string of the molecule is CN(Cc1ccsc1)C(=O)c1ccc(Cl)nc1Cl. The number of halogens is 2. The van der Waals surface area contributed by atoms with Crippen molar-refractivity contribution in [3.05, 3.63) is 50.4 Å². The summed E-state index contributed by atoms with van der Waals surface area (Å²) in [6.45, 7) is 0.543. The van der Waals surface area contributed by atoms with Gasteiger partial charge >= 0.3 is 0 Å². The lowest BCUT2D eigenvalue weighted by molar-refractivity contribution is 0.0785. The summed E-state index contributed by atoms with van der Waals surface area (Å²) in [5.74, 6) is -0.171. The van der Waals surface area contributed by atoms with Crippen LogP contribution in [0.15, 0.2) is 29.0 Å². The minimum atomic E-state index is -0.171. The Morgan fingerprint density at radius 3 is 2.78 bits per heavy atom. The molecule has 3 nitrogen and oxygen atoms in total. The third-order valence-corrected chi connectivity index (χ3v) is 3.62. The van der Waals surface area contributed by atoms with Gasteiger partial charge in [-0.1, -0.05) is 23.2 Å². The normalized spacial score (nSPS) is 10.4. The van der Waals surface area contributed by atoms with Gasteiger partial charge in [-0.2, -0.15) is 11.3 Å². The van der Waals surface area contributed by atoms with Crippen LogP contribution in [-0.4, -0.2) is 22.8 Å². The monoisotopic (exact) mass is 300 g/mol. The zero-order valence-electron chi connectivity index (χ0n) is 9.56. The highest BCUT2D eigenvalue weighted by Gasteiger charge is 2.16. The van der Waals surface area contributed by atoms with Gasteiger partial charge in [0.2, 0.25) is 0 Å². The lowest BCUT2D eigenvalue weighted by Crippen LogP contribution is -2.26. The number of pyridine rings is 1. The maximum absolute atomic E-state index is 12.2. The summed E-state index contributed by atoms with van der Waals surface area (Å²) in [7, 11) is 1.73. The number of amides is 1. The summed E-state index contributed by atoms with van der Waals surface area (Å²) in [6.07, 6.45) is 0. The second-order valence-corrected chi connectivity index (χ2v) is 5.29. The van der Waals surface area contributed by atoms with Gasteiger partial charge in [0.15, 0.2) is 0 Å². The lowest BCUT2D eigenvalue weighted by Gasteiger charge is -2.16. The van der Waals surface area contributed by atoms with Gasteiger partial charge in [-0.05, 0) is 34.5 Å². The summed E-state index contributed by atoms with van der Waals surface area (Å²) in [4.78, 5) is 17.6. The van der Waals surface area contributed by atoms with E-state index in [0.29, 0.717) is 12.1 Å². The Hall–Kier alpha value is -1.10. The molecule has 2 aromatic heterocycles. The average Bonchev–Trinajstić information content (AvgIpc) is 2.81. The lowest BCUT2D eigenvalue weighted by atomic mass is 10.2.